The van der Waals surface area contributed by atoms with Crippen molar-refractivity contribution in [3.63, 3.8) is 0 Å². The summed E-state index contributed by atoms with van der Waals surface area (Å²) < 4.78 is 44.8. The Morgan fingerprint density at radius 1 is 1.32 bits per heavy atom. The van der Waals surface area contributed by atoms with E-state index >= 15 is 0 Å². The summed E-state index contributed by atoms with van der Waals surface area (Å²) in [5, 5.41) is 3.71. The number of hydrogen-bond donors (Lipinski definition) is 1. The fourth-order valence-electron chi connectivity index (χ4n) is 2.00. The van der Waals surface area contributed by atoms with Gasteiger partial charge in [0.25, 0.3) is 5.89 Å². The van der Waals surface area contributed by atoms with E-state index in [0.717, 1.165) is 25.7 Å². The normalized spacial score (nSPS) is 18.3. The maximum Gasteiger partial charge on any atom is 0.411 e. The maximum absolute atomic E-state index is 11.9. The highest BCUT2D eigenvalue weighted by Gasteiger charge is 2.36. The number of aromatic nitrogens is 2. The Kier molecular flexibility index (Phi) is 5.17. The summed E-state index contributed by atoms with van der Waals surface area (Å²) in [5.74, 6) is 0.372. The first-order chi connectivity index (χ1) is 8.39. The number of ether oxygens (including phenoxy) is 1. The topological polar surface area (TPSA) is 74.2 Å². The SMILES string of the molecule is Cl.NC1(c2noc(COCC(F)(F)F)n2)CCCC1. The van der Waals surface area contributed by atoms with Gasteiger partial charge in [-0.05, 0) is 12.8 Å². The van der Waals surface area contributed by atoms with Gasteiger partial charge in [-0.1, -0.05) is 18.0 Å². The van der Waals surface area contributed by atoms with E-state index in [2.05, 4.69) is 14.9 Å². The molecule has 2 rings (SSSR count). The molecule has 5 nitrogen and oxygen atoms in total. The van der Waals surface area contributed by atoms with Crippen molar-refractivity contribution < 1.29 is 22.4 Å². The van der Waals surface area contributed by atoms with E-state index in [1.54, 1.807) is 0 Å². The summed E-state index contributed by atoms with van der Waals surface area (Å²) in [4.78, 5) is 3.99. The van der Waals surface area contributed by atoms with Crippen LogP contribution in [0.4, 0.5) is 13.2 Å². The zero-order valence-electron chi connectivity index (χ0n) is 10.1. The molecule has 1 aliphatic carbocycles. The van der Waals surface area contributed by atoms with Gasteiger partial charge in [-0.3, -0.25) is 0 Å². The Bertz CT molecular complexity index is 405. The molecule has 0 bridgehead atoms. The fourth-order valence-corrected chi connectivity index (χ4v) is 2.00. The number of rotatable bonds is 4. The second-order valence-electron chi connectivity index (χ2n) is 4.48. The standard InChI is InChI=1S/C10H14F3N3O2.ClH/c11-10(12,13)6-17-5-7-15-8(16-18-7)9(14)3-1-2-4-9;/h1-6,14H2;1H. The van der Waals surface area contributed by atoms with Crippen molar-refractivity contribution in [1.82, 2.24) is 10.1 Å². The van der Waals surface area contributed by atoms with Gasteiger partial charge in [-0.25, -0.2) is 0 Å². The van der Waals surface area contributed by atoms with Gasteiger partial charge in [0.05, 0.1) is 5.54 Å². The summed E-state index contributed by atoms with van der Waals surface area (Å²) in [7, 11) is 0. The zero-order chi connectivity index (χ0) is 13.2. The molecule has 1 saturated carbocycles. The van der Waals surface area contributed by atoms with Crippen LogP contribution in [0.15, 0.2) is 4.52 Å². The summed E-state index contributed by atoms with van der Waals surface area (Å²) in [6.07, 6.45) is -0.857. The average Bonchev–Trinajstić information content (AvgIpc) is 2.86. The van der Waals surface area contributed by atoms with Crippen LogP contribution in [0.3, 0.4) is 0 Å². The summed E-state index contributed by atoms with van der Waals surface area (Å²) >= 11 is 0. The lowest BCUT2D eigenvalue weighted by atomic mass is 9.99. The first-order valence-corrected chi connectivity index (χ1v) is 5.65. The molecule has 0 saturated heterocycles. The Morgan fingerprint density at radius 2 is 1.95 bits per heavy atom. The van der Waals surface area contributed by atoms with Gasteiger partial charge in [0.15, 0.2) is 5.82 Å². The van der Waals surface area contributed by atoms with E-state index in [1.165, 1.54) is 0 Å². The molecule has 19 heavy (non-hydrogen) atoms. The molecule has 1 aliphatic rings. The van der Waals surface area contributed by atoms with E-state index in [4.69, 9.17) is 10.3 Å². The van der Waals surface area contributed by atoms with Gasteiger partial charge in [0.1, 0.15) is 13.2 Å². The second kappa shape index (κ2) is 6.06. The Balaban J connectivity index is 0.00000180. The first kappa shape index (κ1) is 16.2. The molecule has 0 aromatic carbocycles. The van der Waals surface area contributed by atoms with Crippen LogP contribution in [0.2, 0.25) is 0 Å². The molecule has 0 radical (unpaired) electrons. The van der Waals surface area contributed by atoms with Crippen molar-refractivity contribution in [2.24, 2.45) is 5.73 Å². The zero-order valence-corrected chi connectivity index (χ0v) is 10.9. The highest BCUT2D eigenvalue weighted by Crippen LogP contribution is 2.34. The third kappa shape index (κ3) is 4.32. The molecule has 110 valence electrons. The minimum atomic E-state index is -4.36. The minimum absolute atomic E-state index is 0. The molecule has 1 fully saturated rings. The van der Waals surface area contributed by atoms with Crippen LogP contribution in [0.1, 0.15) is 37.4 Å². The van der Waals surface area contributed by atoms with Gasteiger partial charge in [-0.2, -0.15) is 18.2 Å². The summed E-state index contributed by atoms with van der Waals surface area (Å²) in [6.45, 7) is -1.69. The van der Waals surface area contributed by atoms with Crippen molar-refractivity contribution in [3.05, 3.63) is 11.7 Å². The number of halogens is 4. The molecule has 2 N–H and O–H groups in total. The highest BCUT2D eigenvalue weighted by atomic mass is 35.5. The summed E-state index contributed by atoms with van der Waals surface area (Å²) in [5.41, 5.74) is 5.48. The monoisotopic (exact) mass is 301 g/mol. The number of nitrogens with two attached hydrogens (primary N) is 1. The number of nitrogens with zero attached hydrogens (tertiary/aromatic N) is 2. The maximum atomic E-state index is 11.9. The Morgan fingerprint density at radius 3 is 2.53 bits per heavy atom. The lowest BCUT2D eigenvalue weighted by Crippen LogP contribution is -2.34. The van der Waals surface area contributed by atoms with Gasteiger partial charge in [0, 0.05) is 0 Å². The largest absolute Gasteiger partial charge is 0.411 e. The van der Waals surface area contributed by atoms with E-state index in [1.807, 2.05) is 0 Å². The quantitative estimate of drug-likeness (QED) is 0.923. The Labute approximate surface area is 114 Å². The molecule has 9 heteroatoms. The fraction of sp³-hybridized carbons (Fsp3) is 0.800. The molecule has 0 unspecified atom stereocenters. The van der Waals surface area contributed by atoms with E-state index in [0.29, 0.717) is 5.82 Å². The predicted octanol–water partition coefficient (Wildman–Crippen LogP) is 2.30. The molecule has 0 spiro atoms. The minimum Gasteiger partial charge on any atom is -0.362 e. The number of alkyl halides is 3. The molecular formula is C10H15ClF3N3O2. The van der Waals surface area contributed by atoms with Crippen molar-refractivity contribution in [3.8, 4) is 0 Å². The van der Waals surface area contributed by atoms with Crippen LogP contribution in [-0.4, -0.2) is 22.9 Å². The molecular weight excluding hydrogens is 287 g/mol. The van der Waals surface area contributed by atoms with Gasteiger partial charge >= 0.3 is 6.18 Å². The molecule has 0 aliphatic heterocycles. The summed E-state index contributed by atoms with van der Waals surface area (Å²) in [6, 6.07) is 0. The third-order valence-corrected chi connectivity index (χ3v) is 2.90. The van der Waals surface area contributed by atoms with Crippen LogP contribution >= 0.6 is 12.4 Å². The van der Waals surface area contributed by atoms with Crippen molar-refractivity contribution in [2.45, 2.75) is 44.0 Å². The molecule has 1 aromatic rings. The van der Waals surface area contributed by atoms with Crippen molar-refractivity contribution in [1.29, 1.82) is 0 Å². The second-order valence-corrected chi connectivity index (χ2v) is 4.48. The third-order valence-electron chi connectivity index (χ3n) is 2.90. The molecule has 1 aromatic heterocycles. The Hall–Kier alpha value is -0.860. The van der Waals surface area contributed by atoms with E-state index in [-0.39, 0.29) is 24.9 Å². The van der Waals surface area contributed by atoms with Crippen LogP contribution in [0.5, 0.6) is 0 Å². The van der Waals surface area contributed by atoms with Gasteiger partial charge in [0.2, 0.25) is 0 Å². The molecule has 0 amide bonds. The van der Waals surface area contributed by atoms with E-state index < -0.39 is 18.3 Å². The van der Waals surface area contributed by atoms with Crippen LogP contribution in [0.25, 0.3) is 0 Å². The van der Waals surface area contributed by atoms with Gasteiger partial charge in [-0.15, -0.1) is 12.4 Å². The highest BCUT2D eigenvalue weighted by molar-refractivity contribution is 5.85. The molecule has 1 heterocycles. The van der Waals surface area contributed by atoms with Crippen molar-refractivity contribution >= 4 is 12.4 Å². The predicted molar refractivity (Wildman–Crippen MR) is 61.6 cm³/mol. The average molecular weight is 302 g/mol. The van der Waals surface area contributed by atoms with Crippen molar-refractivity contribution in [2.75, 3.05) is 6.61 Å². The first-order valence-electron chi connectivity index (χ1n) is 5.65. The smallest absolute Gasteiger partial charge is 0.362 e. The van der Waals surface area contributed by atoms with E-state index in [9.17, 15) is 13.2 Å². The number of hydrogen-bond acceptors (Lipinski definition) is 5. The van der Waals surface area contributed by atoms with Gasteiger partial charge < -0.3 is 15.0 Å². The lowest BCUT2D eigenvalue weighted by molar-refractivity contribution is -0.178. The van der Waals surface area contributed by atoms with Crippen LogP contribution in [-0.2, 0) is 16.9 Å². The lowest BCUT2D eigenvalue weighted by Gasteiger charge is -2.17. The van der Waals surface area contributed by atoms with Crippen LogP contribution < -0.4 is 5.73 Å². The van der Waals surface area contributed by atoms with Crippen LogP contribution in [0, 0.1) is 0 Å². The molecule has 0 atom stereocenters.